The Bertz CT molecular complexity index is 580. The largest absolute Gasteiger partial charge is 0.324 e. The number of aryl methyl sites for hydroxylation is 1. The lowest BCUT2D eigenvalue weighted by molar-refractivity contribution is 0.800. The fourth-order valence-corrected chi connectivity index (χ4v) is 2.28. The third-order valence-corrected chi connectivity index (χ3v) is 3.39. The lowest BCUT2D eigenvalue weighted by Crippen LogP contribution is -2.08. The minimum Gasteiger partial charge on any atom is -0.324 e. The highest BCUT2D eigenvalue weighted by Gasteiger charge is 2.10. The zero-order valence-electron chi connectivity index (χ0n) is 10.2. The monoisotopic (exact) mass is 280 g/mol. The molecule has 0 aliphatic rings. The molecule has 1 aromatic heterocycles. The van der Waals surface area contributed by atoms with E-state index in [-0.39, 0.29) is 6.04 Å². The maximum atomic E-state index is 6.16. The molecule has 0 saturated heterocycles. The van der Waals surface area contributed by atoms with Crippen molar-refractivity contribution in [1.82, 2.24) is 4.98 Å². The van der Waals surface area contributed by atoms with Gasteiger partial charge in [0.25, 0.3) is 0 Å². The second-order valence-corrected chi connectivity index (χ2v) is 5.13. The van der Waals surface area contributed by atoms with Crippen molar-refractivity contribution in [2.24, 2.45) is 5.73 Å². The Balaban J connectivity index is 2.52. The summed E-state index contributed by atoms with van der Waals surface area (Å²) < 4.78 is 0. The summed E-state index contributed by atoms with van der Waals surface area (Å²) in [6, 6.07) is 9.23. The lowest BCUT2D eigenvalue weighted by Gasteiger charge is -2.11. The van der Waals surface area contributed by atoms with Crippen LogP contribution < -0.4 is 5.73 Å². The van der Waals surface area contributed by atoms with E-state index in [1.54, 1.807) is 12.1 Å². The summed E-state index contributed by atoms with van der Waals surface area (Å²) in [5.41, 5.74) is 9.47. The highest BCUT2D eigenvalue weighted by molar-refractivity contribution is 6.35. The molecule has 1 unspecified atom stereocenters. The molecule has 0 bridgehead atoms. The minimum atomic E-state index is -0.0265. The van der Waals surface area contributed by atoms with Crippen LogP contribution in [0.15, 0.2) is 30.3 Å². The third kappa shape index (κ3) is 2.66. The van der Waals surface area contributed by atoms with E-state index in [0.717, 1.165) is 22.5 Å². The highest BCUT2D eigenvalue weighted by Crippen LogP contribution is 2.30. The van der Waals surface area contributed by atoms with Gasteiger partial charge in [0.1, 0.15) is 0 Å². The SMILES string of the molecule is Cc1nc(-c2cc(Cl)ccc2Cl)ccc1C(C)N. The van der Waals surface area contributed by atoms with Crippen LogP contribution in [0.4, 0.5) is 0 Å². The Labute approximate surface area is 117 Å². The van der Waals surface area contributed by atoms with Crippen molar-refractivity contribution < 1.29 is 0 Å². The van der Waals surface area contributed by atoms with Crippen LogP contribution in [0.3, 0.4) is 0 Å². The molecule has 2 N–H and O–H groups in total. The summed E-state index contributed by atoms with van der Waals surface area (Å²) in [6.45, 7) is 3.89. The van der Waals surface area contributed by atoms with Gasteiger partial charge in [-0.2, -0.15) is 0 Å². The van der Waals surface area contributed by atoms with Crippen molar-refractivity contribution in [2.75, 3.05) is 0 Å². The van der Waals surface area contributed by atoms with E-state index in [0.29, 0.717) is 10.0 Å². The van der Waals surface area contributed by atoms with Crippen LogP contribution in [0.2, 0.25) is 10.0 Å². The van der Waals surface area contributed by atoms with Gasteiger partial charge in [0.15, 0.2) is 0 Å². The number of rotatable bonds is 2. The van der Waals surface area contributed by atoms with Gasteiger partial charge in [0.05, 0.1) is 10.7 Å². The number of pyridine rings is 1. The average molecular weight is 281 g/mol. The molecule has 2 rings (SSSR count). The van der Waals surface area contributed by atoms with Crippen LogP contribution in [0.25, 0.3) is 11.3 Å². The molecular formula is C14H14Cl2N2. The predicted molar refractivity (Wildman–Crippen MR) is 77.0 cm³/mol. The first-order chi connectivity index (χ1) is 8.49. The molecular weight excluding hydrogens is 267 g/mol. The van der Waals surface area contributed by atoms with Crippen molar-refractivity contribution in [1.29, 1.82) is 0 Å². The van der Waals surface area contributed by atoms with Gasteiger partial charge in [-0.3, -0.25) is 4.98 Å². The van der Waals surface area contributed by atoms with Crippen molar-refractivity contribution in [3.63, 3.8) is 0 Å². The molecule has 1 atom stereocenters. The third-order valence-electron chi connectivity index (χ3n) is 2.82. The molecule has 94 valence electrons. The maximum Gasteiger partial charge on any atom is 0.0720 e. The predicted octanol–water partition coefficient (Wildman–Crippen LogP) is 4.38. The Morgan fingerprint density at radius 1 is 1.17 bits per heavy atom. The Kier molecular flexibility index (Phi) is 3.91. The lowest BCUT2D eigenvalue weighted by atomic mass is 10.0. The molecule has 0 radical (unpaired) electrons. The second kappa shape index (κ2) is 5.27. The van der Waals surface area contributed by atoms with Gasteiger partial charge in [-0.25, -0.2) is 0 Å². The zero-order chi connectivity index (χ0) is 13.3. The molecule has 0 aliphatic heterocycles. The van der Waals surface area contributed by atoms with Gasteiger partial charge < -0.3 is 5.73 Å². The quantitative estimate of drug-likeness (QED) is 0.887. The van der Waals surface area contributed by atoms with Gasteiger partial charge >= 0.3 is 0 Å². The smallest absolute Gasteiger partial charge is 0.0720 e. The summed E-state index contributed by atoms with van der Waals surface area (Å²) >= 11 is 12.1. The number of aromatic nitrogens is 1. The summed E-state index contributed by atoms with van der Waals surface area (Å²) in [4.78, 5) is 4.54. The van der Waals surface area contributed by atoms with Crippen molar-refractivity contribution >= 4 is 23.2 Å². The van der Waals surface area contributed by atoms with Crippen LogP contribution >= 0.6 is 23.2 Å². The first kappa shape index (κ1) is 13.3. The number of hydrogen-bond donors (Lipinski definition) is 1. The van der Waals surface area contributed by atoms with Crippen molar-refractivity contribution in [2.45, 2.75) is 19.9 Å². The fraction of sp³-hybridized carbons (Fsp3) is 0.214. The molecule has 2 aromatic rings. The molecule has 0 spiro atoms. The highest BCUT2D eigenvalue weighted by atomic mass is 35.5. The molecule has 1 heterocycles. The summed E-state index contributed by atoms with van der Waals surface area (Å²) in [5, 5.41) is 1.28. The summed E-state index contributed by atoms with van der Waals surface area (Å²) in [6.07, 6.45) is 0. The van der Waals surface area contributed by atoms with E-state index in [2.05, 4.69) is 4.98 Å². The number of benzene rings is 1. The molecule has 18 heavy (non-hydrogen) atoms. The Hall–Kier alpha value is -1.09. The number of nitrogens with zero attached hydrogens (tertiary/aromatic N) is 1. The van der Waals surface area contributed by atoms with Crippen molar-refractivity contribution in [3.05, 3.63) is 51.6 Å². The van der Waals surface area contributed by atoms with Crippen LogP contribution in [-0.2, 0) is 0 Å². The van der Waals surface area contributed by atoms with Crippen molar-refractivity contribution in [3.8, 4) is 11.3 Å². The molecule has 0 saturated carbocycles. The average Bonchev–Trinajstić information content (AvgIpc) is 2.31. The van der Waals surface area contributed by atoms with Crippen LogP contribution in [0.5, 0.6) is 0 Å². The van der Waals surface area contributed by atoms with E-state index in [1.807, 2.05) is 32.0 Å². The Morgan fingerprint density at radius 2 is 1.89 bits per heavy atom. The standard InChI is InChI=1S/C14H14Cl2N2/c1-8(17)11-4-6-14(18-9(11)2)12-7-10(15)3-5-13(12)16/h3-8H,17H2,1-2H3. The minimum absolute atomic E-state index is 0.0265. The van der Waals surface area contributed by atoms with Crippen LogP contribution in [-0.4, -0.2) is 4.98 Å². The van der Waals surface area contributed by atoms with Gasteiger partial charge in [0, 0.05) is 22.3 Å². The number of halogens is 2. The van der Waals surface area contributed by atoms with Gasteiger partial charge in [-0.05, 0) is 43.7 Å². The Morgan fingerprint density at radius 3 is 2.50 bits per heavy atom. The zero-order valence-corrected chi connectivity index (χ0v) is 11.8. The molecule has 0 fully saturated rings. The molecule has 1 aromatic carbocycles. The normalized spacial score (nSPS) is 12.5. The van der Waals surface area contributed by atoms with Gasteiger partial charge in [0.2, 0.25) is 0 Å². The topological polar surface area (TPSA) is 38.9 Å². The van der Waals surface area contributed by atoms with E-state index in [9.17, 15) is 0 Å². The van der Waals surface area contributed by atoms with Gasteiger partial charge in [-0.1, -0.05) is 29.3 Å². The van der Waals surface area contributed by atoms with Crippen LogP contribution in [0.1, 0.15) is 24.2 Å². The number of hydrogen-bond acceptors (Lipinski definition) is 2. The first-order valence-electron chi connectivity index (χ1n) is 5.67. The van der Waals surface area contributed by atoms with E-state index >= 15 is 0 Å². The van der Waals surface area contributed by atoms with E-state index < -0.39 is 0 Å². The number of nitrogens with two attached hydrogens (primary N) is 1. The fourth-order valence-electron chi connectivity index (χ4n) is 1.90. The second-order valence-electron chi connectivity index (χ2n) is 4.28. The van der Waals surface area contributed by atoms with Crippen LogP contribution in [0, 0.1) is 6.92 Å². The van der Waals surface area contributed by atoms with E-state index in [4.69, 9.17) is 28.9 Å². The summed E-state index contributed by atoms with van der Waals surface area (Å²) in [7, 11) is 0. The molecule has 0 aliphatic carbocycles. The van der Waals surface area contributed by atoms with E-state index in [1.165, 1.54) is 0 Å². The maximum absolute atomic E-state index is 6.16. The molecule has 4 heteroatoms. The molecule has 0 amide bonds. The summed E-state index contributed by atoms with van der Waals surface area (Å²) in [5.74, 6) is 0. The first-order valence-corrected chi connectivity index (χ1v) is 6.43. The van der Waals surface area contributed by atoms with Gasteiger partial charge in [-0.15, -0.1) is 0 Å². The molecule has 2 nitrogen and oxygen atoms in total.